The lowest BCUT2D eigenvalue weighted by atomic mass is 10.2. The first kappa shape index (κ1) is 14.0. The van der Waals surface area contributed by atoms with Crippen LogP contribution in [0.2, 0.25) is 0 Å². The molecule has 0 saturated heterocycles. The molecule has 0 atom stereocenters. The molecule has 0 aromatic heterocycles. The number of rotatable bonds is 4. The number of carbonyl (C=O) groups excluding carboxylic acids is 2. The predicted octanol–water partition coefficient (Wildman–Crippen LogP) is 2.05. The normalized spacial score (nSPS) is 9.82. The highest BCUT2D eigenvalue weighted by atomic mass is 79.9. The van der Waals surface area contributed by atoms with Crippen LogP contribution in [0.25, 0.3) is 0 Å². The summed E-state index contributed by atoms with van der Waals surface area (Å²) < 4.78 is 0.800. The molecule has 92 valence electrons. The second-order valence-electron chi connectivity index (χ2n) is 3.44. The number of anilines is 1. The third-order valence-corrected chi connectivity index (χ3v) is 2.86. The molecule has 6 heteroatoms. The molecule has 0 radical (unpaired) electrons. The van der Waals surface area contributed by atoms with Gasteiger partial charge in [0.05, 0.1) is 12.2 Å². The van der Waals surface area contributed by atoms with Crippen LogP contribution in [0.3, 0.4) is 0 Å². The van der Waals surface area contributed by atoms with E-state index in [-0.39, 0.29) is 24.2 Å². The third kappa shape index (κ3) is 4.75. The van der Waals surface area contributed by atoms with E-state index in [9.17, 15) is 9.59 Å². The number of hydrogen-bond acceptors (Lipinski definition) is 2. The zero-order valence-electron chi connectivity index (χ0n) is 9.22. The number of aryl methyl sites for hydroxylation is 1. The minimum atomic E-state index is -0.371. The lowest BCUT2D eigenvalue weighted by molar-refractivity contribution is -0.122. The van der Waals surface area contributed by atoms with Crippen LogP contribution in [0, 0.1) is 6.92 Å². The molecule has 2 amide bonds. The van der Waals surface area contributed by atoms with Gasteiger partial charge in [0.15, 0.2) is 0 Å². The zero-order chi connectivity index (χ0) is 12.8. The number of benzene rings is 1. The maximum absolute atomic E-state index is 11.5. The van der Waals surface area contributed by atoms with Crippen molar-refractivity contribution in [3.8, 4) is 0 Å². The summed E-state index contributed by atoms with van der Waals surface area (Å²) in [6.07, 6.45) is 0. The molecule has 0 saturated carbocycles. The van der Waals surface area contributed by atoms with Gasteiger partial charge in [-0.2, -0.15) is 0 Å². The van der Waals surface area contributed by atoms with E-state index in [1.165, 1.54) is 0 Å². The predicted molar refractivity (Wildman–Crippen MR) is 71.2 cm³/mol. The summed E-state index contributed by atoms with van der Waals surface area (Å²) in [6.45, 7) is 1.86. The molecule has 17 heavy (non-hydrogen) atoms. The highest BCUT2D eigenvalue weighted by molar-refractivity contribution is 9.10. The van der Waals surface area contributed by atoms with Crippen molar-refractivity contribution in [3.05, 3.63) is 28.2 Å². The Morgan fingerprint density at radius 1 is 1.35 bits per heavy atom. The molecule has 0 aliphatic rings. The third-order valence-electron chi connectivity index (χ3n) is 1.97. The van der Waals surface area contributed by atoms with Crippen molar-refractivity contribution in [1.82, 2.24) is 5.32 Å². The van der Waals surface area contributed by atoms with Gasteiger partial charge in [-0.3, -0.25) is 9.59 Å². The van der Waals surface area contributed by atoms with Crippen molar-refractivity contribution in [3.63, 3.8) is 0 Å². The van der Waals surface area contributed by atoms with Crippen LogP contribution >= 0.6 is 27.5 Å². The maximum Gasteiger partial charge on any atom is 0.243 e. The largest absolute Gasteiger partial charge is 0.346 e. The summed E-state index contributed by atoms with van der Waals surface area (Å²) in [5, 5.41) is 5.06. The molecule has 1 rings (SSSR count). The Hall–Kier alpha value is -1.07. The van der Waals surface area contributed by atoms with Gasteiger partial charge in [-0.05, 0) is 40.5 Å². The fourth-order valence-corrected chi connectivity index (χ4v) is 1.83. The SMILES string of the molecule is Cc1ccc(NC(=O)CNC(=O)CCl)c(Br)c1. The highest BCUT2D eigenvalue weighted by Gasteiger charge is 2.07. The second-order valence-corrected chi connectivity index (χ2v) is 4.56. The summed E-state index contributed by atoms with van der Waals surface area (Å²) in [7, 11) is 0. The second kappa shape index (κ2) is 6.61. The van der Waals surface area contributed by atoms with Crippen LogP contribution in [0.4, 0.5) is 5.69 Å². The van der Waals surface area contributed by atoms with E-state index in [1.807, 2.05) is 19.1 Å². The van der Waals surface area contributed by atoms with Gasteiger partial charge in [0.25, 0.3) is 0 Å². The number of nitrogens with one attached hydrogen (secondary N) is 2. The molecule has 0 bridgehead atoms. The topological polar surface area (TPSA) is 58.2 Å². The molecule has 1 aromatic carbocycles. The van der Waals surface area contributed by atoms with Crippen molar-refractivity contribution in [2.75, 3.05) is 17.7 Å². The first-order valence-corrected chi connectivity index (χ1v) is 6.24. The number of carbonyl (C=O) groups is 2. The smallest absolute Gasteiger partial charge is 0.243 e. The zero-order valence-corrected chi connectivity index (χ0v) is 11.6. The Morgan fingerprint density at radius 2 is 2.06 bits per heavy atom. The van der Waals surface area contributed by atoms with Gasteiger partial charge in [-0.25, -0.2) is 0 Å². The summed E-state index contributed by atoms with van der Waals surface area (Å²) in [5.74, 6) is -0.820. The van der Waals surface area contributed by atoms with Crippen LogP contribution in [-0.4, -0.2) is 24.2 Å². The number of halogens is 2. The van der Waals surface area contributed by atoms with Crippen molar-refractivity contribution in [2.45, 2.75) is 6.92 Å². The number of alkyl halides is 1. The van der Waals surface area contributed by atoms with Crippen molar-refractivity contribution >= 4 is 45.0 Å². The summed E-state index contributed by atoms with van der Waals surface area (Å²) in [6, 6.07) is 5.57. The van der Waals surface area contributed by atoms with Crippen LogP contribution in [0.15, 0.2) is 22.7 Å². The Morgan fingerprint density at radius 3 is 2.65 bits per heavy atom. The van der Waals surface area contributed by atoms with Gasteiger partial charge in [0.2, 0.25) is 11.8 Å². The minimum absolute atomic E-state index is 0.0914. The van der Waals surface area contributed by atoms with Crippen LogP contribution in [0.1, 0.15) is 5.56 Å². The summed E-state index contributed by atoms with van der Waals surface area (Å²) in [5.41, 5.74) is 1.76. The molecule has 0 aliphatic carbocycles. The molecule has 4 nitrogen and oxygen atoms in total. The Balaban J connectivity index is 2.53. The Bertz CT molecular complexity index is 437. The summed E-state index contributed by atoms with van der Waals surface area (Å²) in [4.78, 5) is 22.3. The molecule has 0 spiro atoms. The fraction of sp³-hybridized carbons (Fsp3) is 0.273. The molecule has 0 heterocycles. The first-order chi connectivity index (χ1) is 8.02. The average molecular weight is 320 g/mol. The lowest BCUT2D eigenvalue weighted by Gasteiger charge is -2.08. The quantitative estimate of drug-likeness (QED) is 0.835. The van der Waals surface area contributed by atoms with Crippen LogP contribution in [0.5, 0.6) is 0 Å². The highest BCUT2D eigenvalue weighted by Crippen LogP contribution is 2.22. The molecule has 1 aromatic rings. The Kier molecular flexibility index (Phi) is 5.44. The van der Waals surface area contributed by atoms with Gasteiger partial charge in [-0.15, -0.1) is 11.6 Å². The van der Waals surface area contributed by atoms with Crippen molar-refractivity contribution in [2.24, 2.45) is 0 Å². The Labute approximate surface area is 113 Å². The van der Waals surface area contributed by atoms with Gasteiger partial charge in [-0.1, -0.05) is 6.07 Å². The molecule has 0 unspecified atom stereocenters. The van der Waals surface area contributed by atoms with E-state index in [4.69, 9.17) is 11.6 Å². The van der Waals surface area contributed by atoms with Gasteiger partial charge >= 0.3 is 0 Å². The average Bonchev–Trinajstić information content (AvgIpc) is 2.29. The van der Waals surface area contributed by atoms with E-state index < -0.39 is 0 Å². The molecule has 2 N–H and O–H groups in total. The standard InChI is InChI=1S/C11H12BrClN2O2/c1-7-2-3-9(8(12)4-7)15-11(17)6-14-10(16)5-13/h2-4H,5-6H2,1H3,(H,14,16)(H,15,17). The molecule has 0 fully saturated rings. The summed E-state index contributed by atoms with van der Waals surface area (Å²) >= 11 is 8.63. The lowest BCUT2D eigenvalue weighted by Crippen LogP contribution is -2.33. The minimum Gasteiger partial charge on any atom is -0.346 e. The monoisotopic (exact) mass is 318 g/mol. The van der Waals surface area contributed by atoms with Gasteiger partial charge in [0.1, 0.15) is 5.88 Å². The molecular weight excluding hydrogens is 307 g/mol. The molecular formula is C11H12BrClN2O2. The maximum atomic E-state index is 11.5. The van der Waals surface area contributed by atoms with Crippen LogP contribution < -0.4 is 10.6 Å². The van der Waals surface area contributed by atoms with E-state index in [0.29, 0.717) is 5.69 Å². The van der Waals surface area contributed by atoms with Gasteiger partial charge in [0, 0.05) is 4.47 Å². The fourth-order valence-electron chi connectivity index (χ4n) is 1.14. The number of hydrogen-bond donors (Lipinski definition) is 2. The van der Waals surface area contributed by atoms with E-state index in [1.54, 1.807) is 6.07 Å². The van der Waals surface area contributed by atoms with Crippen molar-refractivity contribution in [1.29, 1.82) is 0 Å². The van der Waals surface area contributed by atoms with E-state index >= 15 is 0 Å². The number of amides is 2. The van der Waals surface area contributed by atoms with E-state index in [2.05, 4.69) is 26.6 Å². The van der Waals surface area contributed by atoms with E-state index in [0.717, 1.165) is 10.0 Å². The van der Waals surface area contributed by atoms with Gasteiger partial charge < -0.3 is 10.6 Å². The molecule has 0 aliphatic heterocycles. The van der Waals surface area contributed by atoms with Crippen LogP contribution in [-0.2, 0) is 9.59 Å². The van der Waals surface area contributed by atoms with Crippen molar-refractivity contribution < 1.29 is 9.59 Å². The first-order valence-electron chi connectivity index (χ1n) is 4.91.